The molecule has 3 rings (SSSR count). The lowest BCUT2D eigenvalue weighted by atomic mass is 9.84. The lowest BCUT2D eigenvalue weighted by Crippen LogP contribution is -2.04. The van der Waals surface area contributed by atoms with Gasteiger partial charge in [-0.25, -0.2) is 0 Å². The standard InChI is InChI=1S/C19H26N2S/c1-14-18(15-8-6-4-3-5-7-9-15)19(21-20-14)16-10-12-17(22-2)13-11-16/h10-13,15H,3-9H2,1-2H3,(H,20,21). The van der Waals surface area contributed by atoms with Gasteiger partial charge in [0.05, 0.1) is 5.69 Å². The van der Waals surface area contributed by atoms with Crippen molar-refractivity contribution in [2.45, 2.75) is 62.7 Å². The van der Waals surface area contributed by atoms with E-state index in [9.17, 15) is 0 Å². The minimum atomic E-state index is 0.675. The summed E-state index contributed by atoms with van der Waals surface area (Å²) in [5.41, 5.74) is 5.16. The van der Waals surface area contributed by atoms with E-state index in [0.29, 0.717) is 5.92 Å². The maximum absolute atomic E-state index is 4.64. The number of aromatic amines is 1. The Morgan fingerprint density at radius 1 is 1.00 bits per heavy atom. The average molecular weight is 314 g/mol. The van der Waals surface area contributed by atoms with Crippen LogP contribution in [-0.4, -0.2) is 16.5 Å². The van der Waals surface area contributed by atoms with Crippen molar-refractivity contribution in [3.05, 3.63) is 35.5 Å². The molecule has 2 nitrogen and oxygen atoms in total. The van der Waals surface area contributed by atoms with E-state index in [4.69, 9.17) is 0 Å². The highest BCUT2D eigenvalue weighted by atomic mass is 32.2. The topological polar surface area (TPSA) is 28.7 Å². The maximum Gasteiger partial charge on any atom is 0.0958 e. The normalized spacial score (nSPS) is 17.2. The number of H-pyrrole nitrogens is 1. The monoisotopic (exact) mass is 314 g/mol. The van der Waals surface area contributed by atoms with Gasteiger partial charge in [0.1, 0.15) is 0 Å². The summed E-state index contributed by atoms with van der Waals surface area (Å²) in [6, 6.07) is 8.83. The molecule has 1 N–H and O–H groups in total. The second-order valence-electron chi connectivity index (χ2n) is 6.38. The third kappa shape index (κ3) is 3.40. The molecule has 0 bridgehead atoms. The molecule has 1 aromatic carbocycles. The Bertz CT molecular complexity index is 592. The van der Waals surface area contributed by atoms with E-state index in [1.165, 1.54) is 72.4 Å². The number of hydrogen-bond donors (Lipinski definition) is 1. The molecular formula is C19H26N2S. The van der Waals surface area contributed by atoms with Gasteiger partial charge in [0.25, 0.3) is 0 Å². The Balaban J connectivity index is 1.91. The largest absolute Gasteiger partial charge is 0.282 e. The molecule has 118 valence electrons. The summed E-state index contributed by atoms with van der Waals surface area (Å²) in [5.74, 6) is 0.675. The number of aromatic nitrogens is 2. The molecule has 1 aliphatic rings. The van der Waals surface area contributed by atoms with Crippen LogP contribution in [0.4, 0.5) is 0 Å². The van der Waals surface area contributed by atoms with Crippen LogP contribution in [0.5, 0.6) is 0 Å². The molecule has 0 aliphatic heterocycles. The van der Waals surface area contributed by atoms with Crippen molar-refractivity contribution in [1.29, 1.82) is 0 Å². The van der Waals surface area contributed by atoms with Crippen molar-refractivity contribution in [3.8, 4) is 11.3 Å². The Hall–Kier alpha value is -1.22. The van der Waals surface area contributed by atoms with E-state index in [2.05, 4.69) is 47.6 Å². The fourth-order valence-electron chi connectivity index (χ4n) is 3.65. The molecule has 22 heavy (non-hydrogen) atoms. The quantitative estimate of drug-likeness (QED) is 0.711. The van der Waals surface area contributed by atoms with Crippen molar-refractivity contribution in [2.75, 3.05) is 6.26 Å². The van der Waals surface area contributed by atoms with Gasteiger partial charge in [-0.05, 0) is 44.1 Å². The molecule has 0 amide bonds. The number of nitrogens with zero attached hydrogens (tertiary/aromatic N) is 1. The van der Waals surface area contributed by atoms with Crippen LogP contribution in [0.1, 0.15) is 62.1 Å². The number of benzene rings is 1. The van der Waals surface area contributed by atoms with Crippen molar-refractivity contribution in [1.82, 2.24) is 10.2 Å². The van der Waals surface area contributed by atoms with E-state index >= 15 is 0 Å². The van der Waals surface area contributed by atoms with Crippen molar-refractivity contribution < 1.29 is 0 Å². The highest BCUT2D eigenvalue weighted by Crippen LogP contribution is 2.37. The SMILES string of the molecule is CSc1ccc(-c2n[nH]c(C)c2C2CCCCCCC2)cc1. The molecule has 3 heteroatoms. The van der Waals surface area contributed by atoms with E-state index < -0.39 is 0 Å². The number of hydrogen-bond acceptors (Lipinski definition) is 2. The van der Waals surface area contributed by atoms with Crippen LogP contribution in [0.2, 0.25) is 0 Å². The summed E-state index contributed by atoms with van der Waals surface area (Å²) in [6.45, 7) is 2.18. The Labute approximate surface area is 138 Å². The van der Waals surface area contributed by atoms with Gasteiger partial charge in [-0.3, -0.25) is 5.10 Å². The van der Waals surface area contributed by atoms with E-state index in [1.54, 1.807) is 11.8 Å². The Kier molecular flexibility index (Phi) is 5.24. The molecular weight excluding hydrogens is 288 g/mol. The fraction of sp³-hybridized carbons (Fsp3) is 0.526. The van der Waals surface area contributed by atoms with Gasteiger partial charge in [0.15, 0.2) is 0 Å². The lowest BCUT2D eigenvalue weighted by molar-refractivity contribution is 0.455. The minimum absolute atomic E-state index is 0.675. The summed E-state index contributed by atoms with van der Waals surface area (Å²) in [6.07, 6.45) is 11.7. The van der Waals surface area contributed by atoms with E-state index in [0.717, 1.165) is 0 Å². The van der Waals surface area contributed by atoms with Gasteiger partial charge in [0.2, 0.25) is 0 Å². The van der Waals surface area contributed by atoms with Gasteiger partial charge in [-0.1, -0.05) is 44.2 Å². The predicted molar refractivity (Wildman–Crippen MR) is 95.6 cm³/mol. The Morgan fingerprint density at radius 3 is 2.27 bits per heavy atom. The summed E-state index contributed by atoms with van der Waals surface area (Å²) in [5, 5.41) is 7.88. The van der Waals surface area contributed by atoms with Crippen LogP contribution in [0.15, 0.2) is 29.2 Å². The molecule has 0 atom stereocenters. The van der Waals surface area contributed by atoms with Crippen LogP contribution in [0.25, 0.3) is 11.3 Å². The summed E-state index contributed by atoms with van der Waals surface area (Å²) >= 11 is 1.79. The molecule has 0 saturated heterocycles. The first-order valence-electron chi connectivity index (χ1n) is 8.49. The zero-order valence-corrected chi connectivity index (χ0v) is 14.5. The molecule has 2 aromatic rings. The number of aryl methyl sites for hydroxylation is 1. The van der Waals surface area contributed by atoms with Crippen LogP contribution in [-0.2, 0) is 0 Å². The average Bonchev–Trinajstić information content (AvgIpc) is 2.89. The van der Waals surface area contributed by atoms with Gasteiger partial charge in [-0.2, -0.15) is 5.10 Å². The second kappa shape index (κ2) is 7.36. The molecule has 0 unspecified atom stereocenters. The zero-order chi connectivity index (χ0) is 15.4. The molecule has 1 fully saturated rings. The minimum Gasteiger partial charge on any atom is -0.282 e. The summed E-state index contributed by atoms with van der Waals surface area (Å²) in [4.78, 5) is 1.31. The van der Waals surface area contributed by atoms with Gasteiger partial charge < -0.3 is 0 Å². The molecule has 1 heterocycles. The van der Waals surface area contributed by atoms with Gasteiger partial charge in [0, 0.05) is 21.7 Å². The molecule has 1 aliphatic carbocycles. The van der Waals surface area contributed by atoms with Gasteiger partial charge >= 0.3 is 0 Å². The summed E-state index contributed by atoms with van der Waals surface area (Å²) < 4.78 is 0. The highest BCUT2D eigenvalue weighted by Gasteiger charge is 2.22. The first kappa shape index (κ1) is 15.7. The van der Waals surface area contributed by atoms with Crippen molar-refractivity contribution >= 4 is 11.8 Å². The predicted octanol–water partition coefficient (Wildman–Crippen LogP) is 5.93. The molecule has 0 radical (unpaired) electrons. The third-order valence-electron chi connectivity index (χ3n) is 4.87. The first-order chi connectivity index (χ1) is 10.8. The third-order valence-corrected chi connectivity index (χ3v) is 5.61. The van der Waals surface area contributed by atoms with E-state index in [-0.39, 0.29) is 0 Å². The first-order valence-corrected chi connectivity index (χ1v) is 9.71. The maximum atomic E-state index is 4.64. The lowest BCUT2D eigenvalue weighted by Gasteiger charge is -2.21. The zero-order valence-electron chi connectivity index (χ0n) is 13.7. The van der Waals surface area contributed by atoms with Gasteiger partial charge in [-0.15, -0.1) is 11.8 Å². The van der Waals surface area contributed by atoms with Crippen molar-refractivity contribution in [2.24, 2.45) is 0 Å². The van der Waals surface area contributed by atoms with Crippen molar-refractivity contribution in [3.63, 3.8) is 0 Å². The van der Waals surface area contributed by atoms with Crippen LogP contribution >= 0.6 is 11.8 Å². The number of rotatable bonds is 3. The molecule has 0 spiro atoms. The van der Waals surface area contributed by atoms with Crippen LogP contribution < -0.4 is 0 Å². The van der Waals surface area contributed by atoms with E-state index in [1.807, 2.05) is 0 Å². The molecule has 1 saturated carbocycles. The number of nitrogens with one attached hydrogen (secondary N) is 1. The number of thioether (sulfide) groups is 1. The van der Waals surface area contributed by atoms with Crippen LogP contribution in [0, 0.1) is 6.92 Å². The smallest absolute Gasteiger partial charge is 0.0958 e. The molecule has 1 aromatic heterocycles. The summed E-state index contributed by atoms with van der Waals surface area (Å²) in [7, 11) is 0. The highest BCUT2D eigenvalue weighted by molar-refractivity contribution is 7.98. The fourth-order valence-corrected chi connectivity index (χ4v) is 4.06. The second-order valence-corrected chi connectivity index (χ2v) is 7.26. The van der Waals surface area contributed by atoms with Crippen LogP contribution in [0.3, 0.4) is 0 Å². The Morgan fingerprint density at radius 2 is 1.64 bits per heavy atom.